The fraction of sp³-hybridized carbons (Fsp3) is 1.00. The van der Waals surface area contributed by atoms with E-state index in [9.17, 15) is 4.55 Å². The van der Waals surface area contributed by atoms with Crippen molar-refractivity contribution in [3.63, 3.8) is 0 Å². The van der Waals surface area contributed by atoms with Gasteiger partial charge in [0.1, 0.15) is 4.75 Å². The van der Waals surface area contributed by atoms with E-state index in [2.05, 4.69) is 17.0 Å². The normalized spacial score (nSPS) is 33.8. The number of hydrogen-bond donors (Lipinski definition) is 2. The highest BCUT2D eigenvalue weighted by molar-refractivity contribution is 7.90. The Balaban J connectivity index is 2.08. The molecule has 5 heteroatoms. The Hall–Kier alpha value is 0.190. The third-order valence-electron chi connectivity index (χ3n) is 4.15. The van der Waals surface area contributed by atoms with Crippen molar-refractivity contribution in [2.45, 2.75) is 57.4 Å². The molecule has 2 heterocycles. The van der Waals surface area contributed by atoms with Crippen LogP contribution in [0.15, 0.2) is 0 Å². The first-order valence-corrected chi connectivity index (χ1v) is 8.00. The Morgan fingerprint density at radius 1 is 1.33 bits per heavy atom. The minimum Gasteiger partial charge on any atom is -0.598 e. The maximum Gasteiger partial charge on any atom is 0.136 e. The topological polar surface area (TPSA) is 56.3 Å². The Morgan fingerprint density at radius 2 is 1.94 bits per heavy atom. The molecule has 106 valence electrons. The average molecular weight is 274 g/mol. The summed E-state index contributed by atoms with van der Waals surface area (Å²) in [5, 5.41) is 3.40. The summed E-state index contributed by atoms with van der Waals surface area (Å²) < 4.78 is 21.3. The molecule has 3 atom stereocenters. The van der Waals surface area contributed by atoms with Gasteiger partial charge in [-0.15, -0.1) is 4.72 Å². The third-order valence-corrected chi connectivity index (χ3v) is 5.73. The van der Waals surface area contributed by atoms with Gasteiger partial charge in [0.25, 0.3) is 0 Å². The number of hydrogen-bond acceptors (Lipinski definition) is 4. The van der Waals surface area contributed by atoms with Crippen LogP contribution in [0.25, 0.3) is 0 Å². The highest BCUT2D eigenvalue weighted by Crippen LogP contribution is 2.41. The summed E-state index contributed by atoms with van der Waals surface area (Å²) in [6, 6.07) is 0.208. The lowest BCUT2D eigenvalue weighted by atomic mass is 9.74. The highest BCUT2D eigenvalue weighted by atomic mass is 32.2. The molecule has 2 fully saturated rings. The molecule has 2 aliphatic rings. The van der Waals surface area contributed by atoms with E-state index in [0.717, 1.165) is 32.5 Å². The predicted molar refractivity (Wildman–Crippen MR) is 74.8 cm³/mol. The van der Waals surface area contributed by atoms with Crippen LogP contribution in [0.1, 0.15) is 40.5 Å². The first kappa shape index (κ1) is 14.6. The molecule has 1 spiro atoms. The van der Waals surface area contributed by atoms with Crippen LogP contribution in [-0.2, 0) is 16.1 Å². The lowest BCUT2D eigenvalue weighted by Crippen LogP contribution is -2.56. The molecule has 4 nitrogen and oxygen atoms in total. The van der Waals surface area contributed by atoms with Crippen molar-refractivity contribution in [1.82, 2.24) is 10.0 Å². The van der Waals surface area contributed by atoms with Crippen molar-refractivity contribution >= 4 is 11.4 Å². The van der Waals surface area contributed by atoms with Gasteiger partial charge in [-0.2, -0.15) is 0 Å². The van der Waals surface area contributed by atoms with Crippen molar-refractivity contribution in [3.8, 4) is 0 Å². The van der Waals surface area contributed by atoms with Gasteiger partial charge in [-0.05, 0) is 53.6 Å². The zero-order chi connectivity index (χ0) is 13.4. The molecule has 0 aromatic rings. The fourth-order valence-corrected chi connectivity index (χ4v) is 3.90. The van der Waals surface area contributed by atoms with Crippen molar-refractivity contribution in [3.05, 3.63) is 0 Å². The van der Waals surface area contributed by atoms with E-state index in [4.69, 9.17) is 4.74 Å². The van der Waals surface area contributed by atoms with Gasteiger partial charge in [0, 0.05) is 16.8 Å². The first-order valence-electron chi connectivity index (χ1n) is 6.86. The maximum atomic E-state index is 12.3. The molecule has 0 aliphatic carbocycles. The van der Waals surface area contributed by atoms with Gasteiger partial charge in [-0.3, -0.25) is 0 Å². The average Bonchev–Trinajstić information content (AvgIpc) is 2.58. The minimum atomic E-state index is -1.03. The van der Waals surface area contributed by atoms with E-state index in [-0.39, 0.29) is 22.3 Å². The van der Waals surface area contributed by atoms with Crippen molar-refractivity contribution in [2.24, 2.45) is 5.41 Å². The van der Waals surface area contributed by atoms with Gasteiger partial charge in [0.15, 0.2) is 0 Å². The molecule has 18 heavy (non-hydrogen) atoms. The molecule has 0 saturated carbocycles. The zero-order valence-corrected chi connectivity index (χ0v) is 12.7. The van der Waals surface area contributed by atoms with E-state index >= 15 is 0 Å². The van der Waals surface area contributed by atoms with E-state index in [1.165, 1.54) is 0 Å². The predicted octanol–water partition coefficient (Wildman–Crippen LogP) is 1.20. The summed E-state index contributed by atoms with van der Waals surface area (Å²) in [5.74, 6) is 0. The van der Waals surface area contributed by atoms with Crippen LogP contribution in [0.4, 0.5) is 0 Å². The largest absolute Gasteiger partial charge is 0.598 e. The smallest absolute Gasteiger partial charge is 0.136 e. The highest BCUT2D eigenvalue weighted by Gasteiger charge is 2.51. The number of rotatable bonds is 2. The second-order valence-electron chi connectivity index (χ2n) is 6.61. The van der Waals surface area contributed by atoms with Gasteiger partial charge >= 0.3 is 0 Å². The summed E-state index contributed by atoms with van der Waals surface area (Å²) in [6.07, 6.45) is 2.36. The van der Waals surface area contributed by atoms with E-state index < -0.39 is 11.4 Å². The molecule has 2 unspecified atom stereocenters. The SMILES string of the molecule is C[C@@H]1OCC2(CCNCC2)C1N[S+]([O-])C(C)(C)C. The molecule has 0 aromatic heterocycles. The molecule has 0 amide bonds. The lowest BCUT2D eigenvalue weighted by Gasteiger charge is -2.39. The van der Waals surface area contributed by atoms with Crippen LogP contribution in [0.2, 0.25) is 0 Å². The Morgan fingerprint density at radius 3 is 2.50 bits per heavy atom. The second-order valence-corrected chi connectivity index (χ2v) is 8.60. The number of ether oxygens (including phenoxy) is 1. The van der Waals surface area contributed by atoms with Crippen molar-refractivity contribution in [1.29, 1.82) is 0 Å². The van der Waals surface area contributed by atoms with Crippen LogP contribution in [0.3, 0.4) is 0 Å². The summed E-state index contributed by atoms with van der Waals surface area (Å²) in [4.78, 5) is 0. The van der Waals surface area contributed by atoms with Crippen LogP contribution < -0.4 is 10.0 Å². The maximum absolute atomic E-state index is 12.3. The van der Waals surface area contributed by atoms with E-state index in [1.807, 2.05) is 20.8 Å². The molecular weight excluding hydrogens is 248 g/mol. The first-order chi connectivity index (χ1) is 8.35. The van der Waals surface area contributed by atoms with Crippen molar-refractivity contribution in [2.75, 3.05) is 19.7 Å². The summed E-state index contributed by atoms with van der Waals surface area (Å²) >= 11 is -1.03. The number of nitrogens with one attached hydrogen (secondary N) is 2. The third kappa shape index (κ3) is 2.85. The van der Waals surface area contributed by atoms with Gasteiger partial charge in [-0.25, -0.2) is 0 Å². The Bertz CT molecular complexity index is 282. The monoisotopic (exact) mass is 274 g/mol. The standard InChI is InChI=1S/C13H26N2O2S/c1-10-11(15-18(16)12(2,3)4)13(9-17-10)5-7-14-8-6-13/h10-11,14-15H,5-9H2,1-4H3/t10-,11?,18?/m0/s1. The minimum absolute atomic E-state index is 0.148. The van der Waals surface area contributed by atoms with Gasteiger partial charge in [0.2, 0.25) is 0 Å². The zero-order valence-electron chi connectivity index (χ0n) is 11.9. The second kappa shape index (κ2) is 5.29. The lowest BCUT2D eigenvalue weighted by molar-refractivity contribution is 0.0951. The Labute approximate surface area is 114 Å². The summed E-state index contributed by atoms with van der Waals surface area (Å²) in [6.45, 7) is 11.0. The van der Waals surface area contributed by atoms with Gasteiger partial charge in [0.05, 0.1) is 18.8 Å². The summed E-state index contributed by atoms with van der Waals surface area (Å²) in [7, 11) is 0. The van der Waals surface area contributed by atoms with Crippen LogP contribution in [0.5, 0.6) is 0 Å². The molecule has 0 bridgehead atoms. The van der Waals surface area contributed by atoms with E-state index in [1.54, 1.807) is 0 Å². The molecular formula is C13H26N2O2S. The van der Waals surface area contributed by atoms with Crippen LogP contribution in [0, 0.1) is 5.41 Å². The van der Waals surface area contributed by atoms with Crippen LogP contribution >= 0.6 is 0 Å². The van der Waals surface area contributed by atoms with E-state index in [0.29, 0.717) is 0 Å². The molecule has 2 N–H and O–H groups in total. The molecule has 0 radical (unpaired) electrons. The fourth-order valence-electron chi connectivity index (χ4n) is 2.87. The molecule has 2 saturated heterocycles. The quantitative estimate of drug-likeness (QED) is 0.743. The number of piperidine rings is 1. The molecule has 2 rings (SSSR count). The van der Waals surface area contributed by atoms with Gasteiger partial charge in [-0.1, -0.05) is 0 Å². The molecule has 2 aliphatic heterocycles. The summed E-state index contributed by atoms with van der Waals surface area (Å²) in [5.41, 5.74) is 0.172. The van der Waals surface area contributed by atoms with Crippen molar-refractivity contribution < 1.29 is 9.29 Å². The molecule has 0 aromatic carbocycles. The van der Waals surface area contributed by atoms with Crippen LogP contribution in [-0.4, -0.2) is 41.1 Å². The van der Waals surface area contributed by atoms with Gasteiger partial charge < -0.3 is 14.6 Å². The Kier molecular flexibility index (Phi) is 4.29.